The highest BCUT2D eigenvalue weighted by Gasteiger charge is 2.62. The topological polar surface area (TPSA) is 87.2 Å². The van der Waals surface area contributed by atoms with E-state index in [1.165, 1.54) is 0 Å². The number of ether oxygens (including phenoxy) is 1. The van der Waals surface area contributed by atoms with Crippen LogP contribution >= 0.6 is 0 Å². The minimum Gasteiger partial charge on any atom is -0.477 e. The fourth-order valence-electron chi connectivity index (χ4n) is 2.22. The highest BCUT2D eigenvalue weighted by atomic mass is 32.2. The van der Waals surface area contributed by atoms with E-state index in [0.717, 1.165) is 0 Å². The van der Waals surface area contributed by atoms with Gasteiger partial charge in [-0.1, -0.05) is 0 Å². The predicted octanol–water partition coefficient (Wildman–Crippen LogP) is -0.677. The molecular formula is C8H11N3O3S. The van der Waals surface area contributed by atoms with Crippen molar-refractivity contribution in [1.82, 2.24) is 9.78 Å². The summed E-state index contributed by atoms with van der Waals surface area (Å²) in [7, 11) is -3.44. The molecule has 0 saturated heterocycles. The summed E-state index contributed by atoms with van der Waals surface area (Å²) in [5.74, 6) is 0.695. The van der Waals surface area contributed by atoms with Gasteiger partial charge < -0.3 is 4.74 Å². The molecule has 3 rings (SSSR count). The summed E-state index contributed by atoms with van der Waals surface area (Å²) < 4.78 is 29.6. The molecule has 15 heavy (non-hydrogen) atoms. The Kier molecular flexibility index (Phi) is 1.55. The van der Waals surface area contributed by atoms with Gasteiger partial charge in [-0.15, -0.1) is 0 Å². The number of hydrogen-bond acceptors (Lipinski definition) is 4. The molecule has 2 heterocycles. The van der Waals surface area contributed by atoms with Gasteiger partial charge in [0.15, 0.2) is 0 Å². The Morgan fingerprint density at radius 2 is 2.47 bits per heavy atom. The molecule has 2 atom stereocenters. The average Bonchev–Trinajstić information content (AvgIpc) is 2.67. The van der Waals surface area contributed by atoms with E-state index in [-0.39, 0.29) is 5.41 Å². The summed E-state index contributed by atoms with van der Waals surface area (Å²) in [6.45, 7) is 0.996. The standard InChI is InChI=1S/C8H11N3O3S/c9-15(12,13)6-3-8(6)4-11-7(14-5-8)1-2-10-11/h1-2,6H,3-5H2,(H2,9,12,13). The lowest BCUT2D eigenvalue weighted by Gasteiger charge is -2.24. The van der Waals surface area contributed by atoms with E-state index in [1.54, 1.807) is 16.9 Å². The van der Waals surface area contributed by atoms with E-state index in [2.05, 4.69) is 5.10 Å². The van der Waals surface area contributed by atoms with Crippen LogP contribution in [0.5, 0.6) is 5.88 Å². The summed E-state index contributed by atoms with van der Waals surface area (Å²) in [6, 6.07) is 1.77. The molecule has 1 saturated carbocycles. The van der Waals surface area contributed by atoms with Gasteiger partial charge in [0.2, 0.25) is 15.9 Å². The zero-order valence-corrected chi connectivity index (χ0v) is 8.77. The van der Waals surface area contributed by atoms with Gasteiger partial charge in [-0.3, -0.25) is 0 Å². The molecule has 7 heteroatoms. The third-order valence-corrected chi connectivity index (χ3v) is 4.62. The lowest BCUT2D eigenvalue weighted by atomic mass is 10.1. The van der Waals surface area contributed by atoms with E-state index in [1.807, 2.05) is 0 Å². The zero-order valence-electron chi connectivity index (χ0n) is 7.96. The van der Waals surface area contributed by atoms with E-state index in [9.17, 15) is 8.42 Å². The van der Waals surface area contributed by atoms with Crippen LogP contribution in [0.25, 0.3) is 0 Å². The van der Waals surface area contributed by atoms with Gasteiger partial charge in [0.25, 0.3) is 0 Å². The molecule has 1 aromatic heterocycles. The first-order valence-electron chi connectivity index (χ1n) is 4.68. The van der Waals surface area contributed by atoms with Crippen LogP contribution in [0.15, 0.2) is 12.3 Å². The smallest absolute Gasteiger partial charge is 0.212 e. The number of nitrogens with zero attached hydrogens (tertiary/aromatic N) is 2. The number of nitrogens with two attached hydrogens (primary N) is 1. The van der Waals surface area contributed by atoms with Crippen molar-refractivity contribution in [3.8, 4) is 5.88 Å². The molecule has 1 aliphatic carbocycles. The van der Waals surface area contributed by atoms with E-state index in [4.69, 9.17) is 9.88 Å². The minimum atomic E-state index is -3.44. The van der Waals surface area contributed by atoms with Crippen LogP contribution in [0.1, 0.15) is 6.42 Å². The van der Waals surface area contributed by atoms with Gasteiger partial charge in [0.1, 0.15) is 0 Å². The minimum absolute atomic E-state index is 0.341. The first-order valence-corrected chi connectivity index (χ1v) is 6.28. The predicted molar refractivity (Wildman–Crippen MR) is 51.7 cm³/mol. The van der Waals surface area contributed by atoms with Crippen LogP contribution < -0.4 is 9.88 Å². The average molecular weight is 229 g/mol. The molecule has 1 spiro atoms. The Hall–Kier alpha value is -1.08. The first-order chi connectivity index (χ1) is 7.01. The third-order valence-electron chi connectivity index (χ3n) is 3.16. The zero-order chi connectivity index (χ0) is 10.7. The number of primary sulfonamides is 1. The Morgan fingerprint density at radius 3 is 3.13 bits per heavy atom. The molecule has 1 aromatic rings. The van der Waals surface area contributed by atoms with Gasteiger partial charge in [-0.2, -0.15) is 5.10 Å². The van der Waals surface area contributed by atoms with Gasteiger partial charge >= 0.3 is 0 Å². The molecule has 6 nitrogen and oxygen atoms in total. The third kappa shape index (κ3) is 1.26. The van der Waals surface area contributed by atoms with Crippen molar-refractivity contribution < 1.29 is 13.2 Å². The lowest BCUT2D eigenvalue weighted by Crippen LogP contribution is -2.33. The van der Waals surface area contributed by atoms with Gasteiger partial charge in [0, 0.05) is 11.5 Å². The largest absolute Gasteiger partial charge is 0.477 e. The van der Waals surface area contributed by atoms with Crippen LogP contribution in [0.4, 0.5) is 0 Å². The van der Waals surface area contributed by atoms with Crippen molar-refractivity contribution in [3.63, 3.8) is 0 Å². The van der Waals surface area contributed by atoms with E-state index < -0.39 is 15.3 Å². The molecule has 0 bridgehead atoms. The van der Waals surface area contributed by atoms with Crippen LogP contribution in [0.2, 0.25) is 0 Å². The van der Waals surface area contributed by atoms with Gasteiger partial charge in [0.05, 0.1) is 24.6 Å². The summed E-state index contributed by atoms with van der Waals surface area (Å²) in [5, 5.41) is 8.72. The molecule has 82 valence electrons. The second kappa shape index (κ2) is 2.53. The number of rotatable bonds is 1. The fourth-order valence-corrected chi connectivity index (χ4v) is 3.62. The maximum Gasteiger partial charge on any atom is 0.212 e. The lowest BCUT2D eigenvalue weighted by molar-refractivity contribution is 0.149. The summed E-state index contributed by atoms with van der Waals surface area (Å²) >= 11 is 0. The number of aromatic nitrogens is 2. The Morgan fingerprint density at radius 1 is 1.67 bits per heavy atom. The van der Waals surface area contributed by atoms with Crippen LogP contribution in [0, 0.1) is 5.41 Å². The summed E-state index contributed by atoms with van der Waals surface area (Å²) in [4.78, 5) is 0. The van der Waals surface area contributed by atoms with Crippen molar-refractivity contribution in [1.29, 1.82) is 0 Å². The van der Waals surface area contributed by atoms with Crippen molar-refractivity contribution in [2.75, 3.05) is 6.61 Å². The Labute approximate surface area is 87.1 Å². The molecule has 0 amide bonds. The molecule has 0 aromatic carbocycles. The number of hydrogen-bond donors (Lipinski definition) is 1. The Balaban J connectivity index is 1.90. The van der Waals surface area contributed by atoms with Crippen LogP contribution in [0.3, 0.4) is 0 Å². The molecule has 0 radical (unpaired) electrons. The van der Waals surface area contributed by atoms with Crippen molar-refractivity contribution in [2.45, 2.75) is 18.2 Å². The van der Waals surface area contributed by atoms with Crippen molar-refractivity contribution >= 4 is 10.0 Å². The second-order valence-corrected chi connectivity index (χ2v) is 6.01. The molecule has 2 N–H and O–H groups in total. The quantitative estimate of drug-likeness (QED) is 0.691. The molecule has 1 fully saturated rings. The second-order valence-electron chi connectivity index (χ2n) is 4.26. The molecule has 1 aliphatic heterocycles. The maximum absolute atomic E-state index is 11.2. The number of sulfonamides is 1. The first kappa shape index (κ1) is 9.17. The highest BCUT2D eigenvalue weighted by Crippen LogP contribution is 2.53. The van der Waals surface area contributed by atoms with Crippen LogP contribution in [-0.2, 0) is 16.6 Å². The molecular weight excluding hydrogens is 218 g/mol. The highest BCUT2D eigenvalue weighted by molar-refractivity contribution is 7.90. The van der Waals surface area contributed by atoms with Gasteiger partial charge in [-0.05, 0) is 6.42 Å². The summed E-state index contributed by atoms with van der Waals surface area (Å²) in [5.41, 5.74) is -0.341. The monoisotopic (exact) mass is 229 g/mol. The van der Waals surface area contributed by atoms with Crippen molar-refractivity contribution in [2.24, 2.45) is 10.6 Å². The SMILES string of the molecule is NS(=O)(=O)C1CC12COc1ccnn1C2. The molecule has 2 aliphatic rings. The number of fused-ring (bicyclic) bond motifs is 1. The fraction of sp³-hybridized carbons (Fsp3) is 0.625. The van der Waals surface area contributed by atoms with Crippen molar-refractivity contribution in [3.05, 3.63) is 12.3 Å². The molecule has 2 unspecified atom stereocenters. The maximum atomic E-state index is 11.2. The normalized spacial score (nSPS) is 33.5. The Bertz CT molecular complexity index is 509. The van der Waals surface area contributed by atoms with E-state index in [0.29, 0.717) is 25.5 Å². The van der Waals surface area contributed by atoms with E-state index >= 15 is 0 Å². The van der Waals surface area contributed by atoms with Crippen LogP contribution in [-0.4, -0.2) is 30.1 Å². The van der Waals surface area contributed by atoms with Gasteiger partial charge in [-0.25, -0.2) is 18.2 Å². The summed E-state index contributed by atoms with van der Waals surface area (Å²) in [6.07, 6.45) is 2.22.